The van der Waals surface area contributed by atoms with Crippen LogP contribution in [0.15, 0.2) is 23.6 Å². The lowest BCUT2D eigenvalue weighted by Gasteiger charge is -2.13. The van der Waals surface area contributed by atoms with Crippen LogP contribution in [-0.4, -0.2) is 5.91 Å². The molecule has 1 aromatic carbocycles. The van der Waals surface area contributed by atoms with Crippen molar-refractivity contribution in [2.45, 2.75) is 38.8 Å². The Labute approximate surface area is 133 Å². The summed E-state index contributed by atoms with van der Waals surface area (Å²) in [4.78, 5) is 13.7. The number of carbonyl (C=O) groups excluding carboxylic acids is 1. The zero-order valence-corrected chi connectivity index (χ0v) is 13.1. The summed E-state index contributed by atoms with van der Waals surface area (Å²) < 4.78 is 13.9. The third-order valence-electron chi connectivity index (χ3n) is 4.10. The van der Waals surface area contributed by atoms with Gasteiger partial charge in [0.15, 0.2) is 0 Å². The number of nitrogens with one attached hydrogen (secondary N) is 1. The van der Waals surface area contributed by atoms with Crippen LogP contribution in [0.3, 0.4) is 0 Å². The molecule has 0 unspecified atom stereocenters. The minimum Gasteiger partial charge on any atom is -0.348 e. The topological polar surface area (TPSA) is 55.1 Å². The maximum atomic E-state index is 13.9. The van der Waals surface area contributed by atoms with Gasteiger partial charge in [-0.15, -0.1) is 11.3 Å². The van der Waals surface area contributed by atoms with E-state index in [2.05, 4.69) is 5.32 Å². The van der Waals surface area contributed by atoms with Crippen LogP contribution in [0.4, 0.5) is 4.39 Å². The van der Waals surface area contributed by atoms with Gasteiger partial charge in [-0.05, 0) is 42.9 Å². The summed E-state index contributed by atoms with van der Waals surface area (Å²) in [7, 11) is 0. The first-order valence-corrected chi connectivity index (χ1v) is 8.42. The van der Waals surface area contributed by atoms with Crippen molar-refractivity contribution >= 4 is 17.2 Å². The van der Waals surface area contributed by atoms with Gasteiger partial charge in [-0.1, -0.05) is 12.1 Å². The fourth-order valence-electron chi connectivity index (χ4n) is 2.82. The normalized spacial score (nSPS) is 13.7. The van der Waals surface area contributed by atoms with E-state index in [9.17, 15) is 9.18 Å². The zero-order valence-electron chi connectivity index (χ0n) is 12.3. The van der Waals surface area contributed by atoms with Gasteiger partial charge in [-0.2, -0.15) is 0 Å². The van der Waals surface area contributed by atoms with Crippen LogP contribution in [0.1, 0.15) is 44.8 Å². The van der Waals surface area contributed by atoms with Crippen LogP contribution in [0.5, 0.6) is 0 Å². The van der Waals surface area contributed by atoms with E-state index in [1.54, 1.807) is 23.5 Å². The molecule has 0 bridgehead atoms. The van der Waals surface area contributed by atoms with E-state index in [0.717, 1.165) is 30.4 Å². The molecule has 5 heteroatoms. The van der Waals surface area contributed by atoms with E-state index in [4.69, 9.17) is 5.73 Å². The minimum absolute atomic E-state index is 0.110. The Hall–Kier alpha value is -1.72. The Morgan fingerprint density at radius 3 is 2.91 bits per heavy atom. The summed E-state index contributed by atoms with van der Waals surface area (Å²) in [5, 5.41) is 4.76. The van der Waals surface area contributed by atoms with Crippen molar-refractivity contribution in [3.63, 3.8) is 0 Å². The predicted octanol–water partition coefficient (Wildman–Crippen LogP) is 3.15. The number of carbonyl (C=O) groups is 1. The molecule has 22 heavy (non-hydrogen) atoms. The fraction of sp³-hybridized carbons (Fsp3) is 0.353. The van der Waals surface area contributed by atoms with E-state index in [0.29, 0.717) is 12.1 Å². The second kappa shape index (κ2) is 6.58. The van der Waals surface area contributed by atoms with Crippen LogP contribution in [0, 0.1) is 5.82 Å². The van der Waals surface area contributed by atoms with Crippen molar-refractivity contribution in [2.24, 2.45) is 5.73 Å². The number of thiophene rings is 1. The van der Waals surface area contributed by atoms with Crippen LogP contribution in [0.2, 0.25) is 0 Å². The minimum atomic E-state index is -0.324. The Morgan fingerprint density at radius 2 is 2.14 bits per heavy atom. The zero-order chi connectivity index (χ0) is 15.5. The number of benzene rings is 1. The van der Waals surface area contributed by atoms with Crippen molar-refractivity contribution in [3.05, 3.63) is 56.5 Å². The largest absolute Gasteiger partial charge is 0.348 e. The molecule has 1 aliphatic carbocycles. The van der Waals surface area contributed by atoms with Crippen molar-refractivity contribution in [1.82, 2.24) is 5.32 Å². The summed E-state index contributed by atoms with van der Waals surface area (Å²) in [6, 6.07) is 4.89. The molecule has 0 fully saturated rings. The van der Waals surface area contributed by atoms with Gasteiger partial charge < -0.3 is 11.1 Å². The monoisotopic (exact) mass is 318 g/mol. The fourth-order valence-corrected chi connectivity index (χ4v) is 3.94. The molecule has 3 N–H and O–H groups in total. The van der Waals surface area contributed by atoms with Crippen molar-refractivity contribution in [1.29, 1.82) is 0 Å². The molecule has 2 aromatic rings. The lowest BCUT2D eigenvalue weighted by molar-refractivity contribution is 0.0950. The Bertz CT molecular complexity index is 696. The quantitative estimate of drug-likeness (QED) is 0.910. The van der Waals surface area contributed by atoms with Crippen LogP contribution in [-0.2, 0) is 25.9 Å². The maximum absolute atomic E-state index is 13.9. The van der Waals surface area contributed by atoms with Crippen LogP contribution in [0.25, 0.3) is 0 Å². The lowest BCUT2D eigenvalue weighted by Crippen LogP contribution is -2.24. The Morgan fingerprint density at radius 1 is 1.32 bits per heavy atom. The molecule has 3 rings (SSSR count). The molecule has 1 amide bonds. The van der Waals surface area contributed by atoms with Crippen LogP contribution >= 0.6 is 11.3 Å². The molecule has 116 valence electrons. The van der Waals surface area contributed by atoms with Gasteiger partial charge in [0.1, 0.15) is 5.82 Å². The second-order valence-electron chi connectivity index (χ2n) is 5.57. The SMILES string of the molecule is NCc1ccc(CNC(=O)c2csc3c2CCCC3)c(F)c1. The molecule has 0 atom stereocenters. The summed E-state index contributed by atoms with van der Waals surface area (Å²) >= 11 is 1.66. The molecule has 0 spiro atoms. The van der Waals surface area contributed by atoms with E-state index in [-0.39, 0.29) is 18.3 Å². The van der Waals surface area contributed by atoms with Gasteiger partial charge in [0.25, 0.3) is 5.91 Å². The molecule has 1 aliphatic rings. The highest BCUT2D eigenvalue weighted by molar-refractivity contribution is 7.10. The van der Waals surface area contributed by atoms with Gasteiger partial charge in [0.05, 0.1) is 5.56 Å². The first-order chi connectivity index (χ1) is 10.7. The number of fused-ring (bicyclic) bond motifs is 1. The average Bonchev–Trinajstić information content (AvgIpc) is 2.97. The van der Waals surface area contributed by atoms with Crippen molar-refractivity contribution < 1.29 is 9.18 Å². The first kappa shape index (κ1) is 15.2. The highest BCUT2D eigenvalue weighted by Gasteiger charge is 2.20. The smallest absolute Gasteiger partial charge is 0.252 e. The summed E-state index contributed by atoms with van der Waals surface area (Å²) in [6.45, 7) is 0.505. The average molecular weight is 318 g/mol. The summed E-state index contributed by atoms with van der Waals surface area (Å²) in [6.07, 6.45) is 4.38. The highest BCUT2D eigenvalue weighted by Crippen LogP contribution is 2.30. The molecule has 0 saturated heterocycles. The molecular formula is C17H19FN2OS. The molecule has 0 aliphatic heterocycles. The van der Waals surface area contributed by atoms with Gasteiger partial charge in [0.2, 0.25) is 0 Å². The maximum Gasteiger partial charge on any atom is 0.252 e. The summed E-state index contributed by atoms with van der Waals surface area (Å²) in [5.74, 6) is -0.433. The van der Waals surface area contributed by atoms with Crippen LogP contribution < -0.4 is 11.1 Å². The molecule has 1 heterocycles. The predicted molar refractivity (Wildman–Crippen MR) is 86.4 cm³/mol. The van der Waals surface area contributed by atoms with E-state index in [1.807, 2.05) is 5.38 Å². The molecular weight excluding hydrogens is 299 g/mol. The molecule has 0 saturated carbocycles. The Kier molecular flexibility index (Phi) is 4.55. The molecule has 1 aromatic heterocycles. The lowest BCUT2D eigenvalue weighted by atomic mass is 9.95. The van der Waals surface area contributed by atoms with Crippen molar-refractivity contribution in [3.8, 4) is 0 Å². The number of hydrogen-bond donors (Lipinski definition) is 2. The standard InChI is InChI=1S/C17H19FN2OS/c18-15-7-11(8-19)5-6-12(15)9-20-17(21)14-10-22-16-4-2-1-3-13(14)16/h5-7,10H,1-4,8-9,19H2,(H,20,21). The number of hydrogen-bond acceptors (Lipinski definition) is 3. The van der Waals surface area contributed by atoms with Gasteiger partial charge >= 0.3 is 0 Å². The van der Waals surface area contributed by atoms with Gasteiger partial charge in [-0.3, -0.25) is 4.79 Å². The van der Waals surface area contributed by atoms with Gasteiger partial charge in [-0.25, -0.2) is 4.39 Å². The number of amides is 1. The second-order valence-corrected chi connectivity index (χ2v) is 6.53. The number of aryl methyl sites for hydroxylation is 1. The Balaban J connectivity index is 1.69. The van der Waals surface area contributed by atoms with Crippen molar-refractivity contribution in [2.75, 3.05) is 0 Å². The third kappa shape index (κ3) is 3.05. The number of halogens is 1. The first-order valence-electron chi connectivity index (χ1n) is 7.54. The third-order valence-corrected chi connectivity index (χ3v) is 5.19. The number of nitrogens with two attached hydrogens (primary N) is 1. The van der Waals surface area contributed by atoms with E-state index >= 15 is 0 Å². The highest BCUT2D eigenvalue weighted by atomic mass is 32.1. The summed E-state index contributed by atoms with van der Waals surface area (Å²) in [5.41, 5.74) is 8.67. The van der Waals surface area contributed by atoms with E-state index < -0.39 is 0 Å². The molecule has 0 radical (unpaired) electrons. The molecule has 3 nitrogen and oxygen atoms in total. The number of rotatable bonds is 4. The van der Waals surface area contributed by atoms with Gasteiger partial charge in [0, 0.05) is 28.9 Å². The van der Waals surface area contributed by atoms with E-state index in [1.165, 1.54) is 22.9 Å².